The maximum absolute atomic E-state index is 13.9. The number of allylic oxidation sites excluding steroid dienone is 2. The van der Waals surface area contributed by atoms with Gasteiger partial charge in [-0.25, -0.2) is 0 Å². The standard InChI is InChI=1S/C51H83N3O6/c1-60-49-30-38-19-23-47(58)43(46(57)13-7-6-12-40-28-39-17-21-42(56)32-45(39)54-51(40)25-8-3-9-26-51)22-18-35(44(38)33-48(49)59)16-20-41(55)29-36(37-24-27-53-50(52)31-37)15-14-34-10-4-2-5-11-34/h14-15,34-41,43-46,48-50,53-55,57,59H,2-13,16-17,19-21,23-33,52H2,1H3/p+2/t35-,36+,37?,38?,39-,40+,41+,43-,44?,45-,46-,48?,49?,50?/m1/s1. The number of hydrogen-bond acceptors (Lipinski definition) is 7. The van der Waals surface area contributed by atoms with Crippen LogP contribution in [0.15, 0.2) is 12.2 Å². The normalized spacial score (nSPS) is 38.1. The number of fused-ring (bicyclic) bond motifs is 2. The number of carbonyl (C=O) groups is 2. The van der Waals surface area contributed by atoms with E-state index in [0.29, 0.717) is 86.4 Å². The van der Waals surface area contributed by atoms with Crippen LogP contribution in [0.2, 0.25) is 0 Å². The largest absolute Gasteiger partial charge is 0.393 e. The molecule has 0 bridgehead atoms. The number of nitrogens with two attached hydrogens (primary N) is 3. The molecule has 9 N–H and O–H groups in total. The predicted octanol–water partition coefficient (Wildman–Crippen LogP) is 5.47. The molecular weight excluding hydrogens is 751 g/mol. The maximum atomic E-state index is 13.9. The molecule has 0 aromatic rings. The van der Waals surface area contributed by atoms with Crippen molar-refractivity contribution in [2.24, 2.45) is 59.0 Å². The summed E-state index contributed by atoms with van der Waals surface area (Å²) in [7, 11) is 1.67. The van der Waals surface area contributed by atoms with Crippen LogP contribution in [0, 0.1) is 65.1 Å². The van der Waals surface area contributed by atoms with E-state index in [4.69, 9.17) is 10.5 Å². The first-order chi connectivity index (χ1) is 29.1. The summed E-state index contributed by atoms with van der Waals surface area (Å²) in [6.45, 7) is 1.04. The van der Waals surface area contributed by atoms with E-state index >= 15 is 0 Å². The number of methoxy groups -OCH3 is 1. The van der Waals surface area contributed by atoms with Gasteiger partial charge in [-0.2, -0.15) is 0 Å². The molecule has 5 aliphatic carbocycles. The van der Waals surface area contributed by atoms with Crippen LogP contribution in [0.3, 0.4) is 0 Å². The lowest BCUT2D eigenvalue weighted by Gasteiger charge is -2.51. The average Bonchev–Trinajstić information content (AvgIpc) is 3.31. The van der Waals surface area contributed by atoms with Crippen LogP contribution in [0.25, 0.3) is 0 Å². The Morgan fingerprint density at radius 2 is 1.67 bits per heavy atom. The van der Waals surface area contributed by atoms with E-state index in [1.54, 1.807) is 7.11 Å². The highest BCUT2D eigenvalue weighted by molar-refractivity contribution is 5.84. The molecule has 0 aromatic heterocycles. The molecule has 7 rings (SSSR count). The van der Waals surface area contributed by atoms with E-state index in [2.05, 4.69) is 34.6 Å². The number of ether oxygens (including phenoxy) is 1. The third kappa shape index (κ3) is 12.1. The minimum atomic E-state index is -0.792. The summed E-state index contributed by atoms with van der Waals surface area (Å²) in [6.07, 6.45) is 29.9. The summed E-state index contributed by atoms with van der Waals surface area (Å²) in [6, 6.07) is 0.472. The van der Waals surface area contributed by atoms with Crippen molar-refractivity contribution >= 4 is 11.6 Å². The van der Waals surface area contributed by atoms with Crippen LogP contribution >= 0.6 is 0 Å². The van der Waals surface area contributed by atoms with Crippen molar-refractivity contribution in [3.8, 4) is 11.8 Å². The maximum Gasteiger partial charge on any atom is 0.150 e. The third-order valence-corrected chi connectivity index (χ3v) is 17.5. The van der Waals surface area contributed by atoms with Crippen LogP contribution in [0.4, 0.5) is 0 Å². The summed E-state index contributed by atoms with van der Waals surface area (Å²) in [5.74, 6) is 9.73. The van der Waals surface area contributed by atoms with Gasteiger partial charge in [-0.3, -0.25) is 15.3 Å². The molecule has 1 spiro atoms. The molecule has 60 heavy (non-hydrogen) atoms. The Bertz CT molecular complexity index is 1460. The van der Waals surface area contributed by atoms with Gasteiger partial charge in [-0.15, -0.1) is 0 Å². The zero-order chi connectivity index (χ0) is 42.1. The number of ketones is 2. The summed E-state index contributed by atoms with van der Waals surface area (Å²) in [4.78, 5) is 26.3. The van der Waals surface area contributed by atoms with Gasteiger partial charge in [0, 0.05) is 63.4 Å². The second-order valence-electron chi connectivity index (χ2n) is 21.5. The minimum absolute atomic E-state index is 0.0472. The van der Waals surface area contributed by atoms with Crippen LogP contribution in [-0.4, -0.2) is 82.7 Å². The van der Waals surface area contributed by atoms with Crippen LogP contribution in [0.5, 0.6) is 0 Å². The number of unbranched alkanes of at least 4 members (excludes halogenated alkanes) is 1. The topological polar surface area (TPSA) is 163 Å². The lowest BCUT2D eigenvalue weighted by molar-refractivity contribution is -0.782. The molecule has 9 nitrogen and oxygen atoms in total. The first-order valence-electron chi connectivity index (χ1n) is 25.4. The van der Waals surface area contributed by atoms with E-state index in [-0.39, 0.29) is 41.3 Å². The second kappa shape index (κ2) is 22.3. The number of Topliss-reactive ketones (excluding diaryl/α,β-unsaturated/α-hetero) is 2. The smallest absolute Gasteiger partial charge is 0.150 e. The molecule has 2 heterocycles. The Hall–Kier alpha value is -1.64. The predicted molar refractivity (Wildman–Crippen MR) is 235 cm³/mol. The summed E-state index contributed by atoms with van der Waals surface area (Å²) in [5.41, 5.74) is 6.72. The highest BCUT2D eigenvalue weighted by Crippen LogP contribution is 2.44. The molecule has 2 aliphatic heterocycles. The Balaban J connectivity index is 0.992. The van der Waals surface area contributed by atoms with Gasteiger partial charge in [-0.1, -0.05) is 62.5 Å². The molecule has 4 saturated carbocycles. The molecule has 0 radical (unpaired) electrons. The molecule has 14 atom stereocenters. The Kier molecular flexibility index (Phi) is 17.2. The first kappa shape index (κ1) is 46.4. The molecule has 0 amide bonds. The molecule has 6 fully saturated rings. The number of carbonyl (C=O) groups excluding carboxylic acids is 2. The van der Waals surface area contributed by atoms with Crippen molar-refractivity contribution in [1.29, 1.82) is 0 Å². The third-order valence-electron chi connectivity index (χ3n) is 17.5. The highest BCUT2D eigenvalue weighted by atomic mass is 16.5. The molecule has 338 valence electrons. The fourth-order valence-electron chi connectivity index (χ4n) is 14.0. The second-order valence-corrected chi connectivity index (χ2v) is 21.5. The van der Waals surface area contributed by atoms with E-state index < -0.39 is 24.2 Å². The molecule has 2 saturated heterocycles. The Morgan fingerprint density at radius 1 is 0.883 bits per heavy atom. The van der Waals surface area contributed by atoms with Crippen molar-refractivity contribution in [3.05, 3.63) is 12.2 Å². The summed E-state index contributed by atoms with van der Waals surface area (Å²) in [5, 5.41) is 39.5. The SMILES string of the molecule is COC1CC2CCC(=O)[C@@H]([C@H](O)CCCC[C@H]3C[C@H]4CCC(=O)C[C@H]4[NH2+]C34CCCCC4)C#C[C@@H](CC[C@H](O)C[C@H](C=CC3CCCCC3)C3CC[NH2+]C(N)C3)C2CC1O. The molecule has 6 unspecified atom stereocenters. The first-order valence-corrected chi connectivity index (χ1v) is 25.4. The van der Waals surface area contributed by atoms with E-state index in [1.165, 1.54) is 70.6 Å². The van der Waals surface area contributed by atoms with Crippen molar-refractivity contribution in [2.75, 3.05) is 13.7 Å². The lowest BCUT2D eigenvalue weighted by Crippen LogP contribution is -3.05. The van der Waals surface area contributed by atoms with E-state index in [9.17, 15) is 24.9 Å². The monoisotopic (exact) mass is 836 g/mol. The number of aliphatic hydroxyl groups is 3. The molecular formula is C51H85N3O6+2. The number of piperidine rings is 2. The van der Waals surface area contributed by atoms with Gasteiger partial charge in [0.25, 0.3) is 0 Å². The fraction of sp³-hybridized carbons (Fsp3) is 0.882. The Labute approximate surface area is 363 Å². The number of aliphatic hydroxyl groups excluding tert-OH is 3. The van der Waals surface area contributed by atoms with Gasteiger partial charge in [0.1, 0.15) is 23.7 Å². The quantitative estimate of drug-likeness (QED) is 0.0724. The van der Waals surface area contributed by atoms with Crippen LogP contribution in [0.1, 0.15) is 173 Å². The highest BCUT2D eigenvalue weighted by Gasteiger charge is 2.52. The van der Waals surface area contributed by atoms with Crippen LogP contribution < -0.4 is 16.4 Å². The minimum Gasteiger partial charge on any atom is -0.393 e. The van der Waals surface area contributed by atoms with Crippen molar-refractivity contribution in [2.45, 2.75) is 216 Å². The molecule has 9 heteroatoms. The average molecular weight is 836 g/mol. The van der Waals surface area contributed by atoms with Gasteiger partial charge in [0.05, 0.1) is 49.0 Å². The van der Waals surface area contributed by atoms with Gasteiger partial charge >= 0.3 is 0 Å². The zero-order valence-corrected chi connectivity index (χ0v) is 37.4. The number of quaternary nitrogens is 2. The summed E-state index contributed by atoms with van der Waals surface area (Å²) < 4.78 is 5.73. The Morgan fingerprint density at radius 3 is 2.45 bits per heavy atom. The molecule has 0 aromatic carbocycles. The fourth-order valence-corrected chi connectivity index (χ4v) is 14.0. The summed E-state index contributed by atoms with van der Waals surface area (Å²) >= 11 is 0. The van der Waals surface area contributed by atoms with E-state index in [1.807, 2.05) is 0 Å². The molecule has 7 aliphatic rings. The van der Waals surface area contributed by atoms with Gasteiger partial charge < -0.3 is 30.7 Å². The van der Waals surface area contributed by atoms with Crippen molar-refractivity contribution in [3.63, 3.8) is 0 Å². The van der Waals surface area contributed by atoms with E-state index in [0.717, 1.165) is 64.3 Å². The van der Waals surface area contributed by atoms with Crippen molar-refractivity contribution in [1.82, 2.24) is 0 Å². The van der Waals surface area contributed by atoms with Crippen molar-refractivity contribution < 1.29 is 40.3 Å². The number of hydrogen-bond donors (Lipinski definition) is 6. The van der Waals surface area contributed by atoms with Crippen LogP contribution in [-0.2, 0) is 14.3 Å². The van der Waals surface area contributed by atoms with Gasteiger partial charge in [-0.05, 0) is 119 Å². The van der Waals surface area contributed by atoms with Gasteiger partial charge in [0.2, 0.25) is 0 Å². The zero-order valence-electron chi connectivity index (χ0n) is 37.4. The van der Waals surface area contributed by atoms with Gasteiger partial charge in [0.15, 0.2) is 0 Å². The lowest BCUT2D eigenvalue weighted by atomic mass is 9.62. The number of rotatable bonds is 15.